The van der Waals surface area contributed by atoms with Crippen LogP contribution in [0.2, 0.25) is 0 Å². The van der Waals surface area contributed by atoms with E-state index in [9.17, 15) is 9.59 Å². The maximum absolute atomic E-state index is 10.8. The third kappa shape index (κ3) is 4.84. The van der Waals surface area contributed by atoms with Gasteiger partial charge >= 0.3 is 11.9 Å². The molecule has 1 N–H and O–H groups in total. The van der Waals surface area contributed by atoms with E-state index in [1.54, 1.807) is 18.2 Å². The van der Waals surface area contributed by atoms with Crippen LogP contribution in [0.3, 0.4) is 0 Å². The van der Waals surface area contributed by atoms with Gasteiger partial charge in [-0.2, -0.15) is 0 Å². The first-order valence-electron chi connectivity index (χ1n) is 5.38. The number of hydrogen-bond donors (Lipinski definition) is 1. The highest BCUT2D eigenvalue weighted by atomic mass is 32.1. The number of carboxylic acids is 1. The van der Waals surface area contributed by atoms with E-state index >= 15 is 0 Å². The summed E-state index contributed by atoms with van der Waals surface area (Å²) in [5.41, 5.74) is 0. The molecule has 0 aliphatic rings. The molecule has 2 aromatic rings. The summed E-state index contributed by atoms with van der Waals surface area (Å²) in [7, 11) is 1.39. The molecule has 0 bridgehead atoms. The third-order valence-corrected chi connectivity index (χ3v) is 4.05. The van der Waals surface area contributed by atoms with Crippen molar-refractivity contribution in [3.05, 3.63) is 43.8 Å². The van der Waals surface area contributed by atoms with Gasteiger partial charge in [0.05, 0.1) is 7.11 Å². The summed E-state index contributed by atoms with van der Waals surface area (Å²) in [6.45, 7) is 3.84. The number of methoxy groups -OCH3 is 1. The minimum absolute atomic E-state index is 0.252. The molecule has 0 amide bonds. The molecule has 0 saturated heterocycles. The Bertz CT molecular complexity index is 569. The normalized spacial score (nSPS) is 9.42. The van der Waals surface area contributed by atoms with Gasteiger partial charge < -0.3 is 9.84 Å². The molecule has 6 heteroatoms. The van der Waals surface area contributed by atoms with Crippen LogP contribution in [0, 0.1) is 13.8 Å². The second-order valence-electron chi connectivity index (χ2n) is 3.62. The monoisotopic (exact) mass is 298 g/mol. The van der Waals surface area contributed by atoms with Crippen LogP contribution >= 0.6 is 22.7 Å². The standard InChI is InChI=1S/C7H8O2S.C6H6O2S/c1-5-3-4-6(10-5)7(8)9-2;1-4-2-3-5(9-4)6(7)8/h3-4H,1-2H3;2-3H,1H3,(H,7,8). The Morgan fingerprint density at radius 2 is 1.47 bits per heavy atom. The molecular weight excluding hydrogens is 284 g/mol. The van der Waals surface area contributed by atoms with Gasteiger partial charge in [0, 0.05) is 9.75 Å². The van der Waals surface area contributed by atoms with E-state index in [0.717, 1.165) is 9.75 Å². The molecule has 0 aromatic carbocycles. The maximum Gasteiger partial charge on any atom is 0.348 e. The molecule has 0 aliphatic heterocycles. The van der Waals surface area contributed by atoms with Crippen molar-refractivity contribution < 1.29 is 19.4 Å². The maximum atomic E-state index is 10.8. The van der Waals surface area contributed by atoms with Crippen LogP contribution in [-0.2, 0) is 4.74 Å². The van der Waals surface area contributed by atoms with Gasteiger partial charge in [-0.25, -0.2) is 9.59 Å². The van der Waals surface area contributed by atoms with E-state index in [1.807, 2.05) is 19.9 Å². The highest BCUT2D eigenvalue weighted by Crippen LogP contribution is 2.15. The highest BCUT2D eigenvalue weighted by molar-refractivity contribution is 7.14. The molecule has 0 saturated carbocycles. The van der Waals surface area contributed by atoms with Crippen molar-refractivity contribution in [3.8, 4) is 0 Å². The summed E-state index contributed by atoms with van der Waals surface area (Å²) < 4.78 is 4.52. The minimum Gasteiger partial charge on any atom is -0.477 e. The van der Waals surface area contributed by atoms with E-state index in [0.29, 0.717) is 9.75 Å². The summed E-state index contributed by atoms with van der Waals surface area (Å²) in [4.78, 5) is 24.3. The zero-order chi connectivity index (χ0) is 14.4. The van der Waals surface area contributed by atoms with E-state index in [-0.39, 0.29) is 5.97 Å². The number of carbonyl (C=O) groups is 2. The van der Waals surface area contributed by atoms with Gasteiger partial charge in [0.1, 0.15) is 9.75 Å². The molecule has 0 aliphatic carbocycles. The second-order valence-corrected chi connectivity index (χ2v) is 6.19. The Labute approximate surface area is 119 Å². The fraction of sp³-hybridized carbons (Fsp3) is 0.231. The number of carbonyl (C=O) groups excluding carboxylic acids is 1. The van der Waals surface area contributed by atoms with E-state index < -0.39 is 5.97 Å². The van der Waals surface area contributed by atoms with Crippen molar-refractivity contribution in [1.29, 1.82) is 0 Å². The molecule has 4 nitrogen and oxygen atoms in total. The average molecular weight is 298 g/mol. The van der Waals surface area contributed by atoms with Gasteiger partial charge in [0.2, 0.25) is 0 Å². The van der Waals surface area contributed by atoms with Crippen LogP contribution in [0.4, 0.5) is 0 Å². The third-order valence-electron chi connectivity index (χ3n) is 2.08. The van der Waals surface area contributed by atoms with Gasteiger partial charge in [-0.05, 0) is 38.1 Å². The first-order valence-corrected chi connectivity index (χ1v) is 7.02. The zero-order valence-electron chi connectivity index (χ0n) is 10.8. The lowest BCUT2D eigenvalue weighted by molar-refractivity contribution is 0.0605. The topological polar surface area (TPSA) is 63.6 Å². The molecule has 102 valence electrons. The smallest absolute Gasteiger partial charge is 0.348 e. The number of carboxylic acid groups (broad SMARTS) is 1. The number of esters is 1. The van der Waals surface area contributed by atoms with Crippen molar-refractivity contribution >= 4 is 34.6 Å². The molecule has 0 atom stereocenters. The molecular formula is C13H14O4S2. The fourth-order valence-corrected chi connectivity index (χ4v) is 2.69. The van der Waals surface area contributed by atoms with Crippen LogP contribution in [0.15, 0.2) is 24.3 Å². The van der Waals surface area contributed by atoms with Crippen LogP contribution in [0.1, 0.15) is 29.1 Å². The Hall–Kier alpha value is -1.66. The SMILES string of the molecule is COC(=O)c1ccc(C)s1.Cc1ccc(C(=O)O)s1. The van der Waals surface area contributed by atoms with Crippen LogP contribution in [0.5, 0.6) is 0 Å². The van der Waals surface area contributed by atoms with Gasteiger partial charge in [-0.3, -0.25) is 0 Å². The molecule has 2 aromatic heterocycles. The Morgan fingerprint density at radius 1 is 1.00 bits per heavy atom. The Kier molecular flexibility index (Phi) is 5.72. The lowest BCUT2D eigenvalue weighted by Crippen LogP contribution is -1.96. The summed E-state index contributed by atoms with van der Waals surface area (Å²) in [6.07, 6.45) is 0. The molecule has 0 unspecified atom stereocenters. The van der Waals surface area contributed by atoms with Crippen LogP contribution in [0.25, 0.3) is 0 Å². The molecule has 0 fully saturated rings. The molecule has 2 heterocycles. The summed E-state index contributed by atoms with van der Waals surface area (Å²) in [6, 6.07) is 7.08. The first-order chi connectivity index (χ1) is 8.93. The van der Waals surface area contributed by atoms with Crippen molar-refractivity contribution in [2.75, 3.05) is 7.11 Å². The highest BCUT2D eigenvalue weighted by Gasteiger charge is 2.05. The van der Waals surface area contributed by atoms with Crippen molar-refractivity contribution in [2.24, 2.45) is 0 Å². The molecule has 19 heavy (non-hydrogen) atoms. The van der Waals surface area contributed by atoms with Gasteiger partial charge in [0.15, 0.2) is 0 Å². The number of aryl methyl sites for hydroxylation is 2. The summed E-state index contributed by atoms with van der Waals surface area (Å²) >= 11 is 2.74. The number of aromatic carboxylic acids is 1. The van der Waals surface area contributed by atoms with Gasteiger partial charge in [0.25, 0.3) is 0 Å². The predicted molar refractivity (Wildman–Crippen MR) is 76.4 cm³/mol. The number of thiophene rings is 2. The van der Waals surface area contributed by atoms with Gasteiger partial charge in [-0.1, -0.05) is 0 Å². The van der Waals surface area contributed by atoms with Crippen molar-refractivity contribution in [3.63, 3.8) is 0 Å². The Morgan fingerprint density at radius 3 is 1.74 bits per heavy atom. The van der Waals surface area contributed by atoms with E-state index in [4.69, 9.17) is 5.11 Å². The zero-order valence-corrected chi connectivity index (χ0v) is 12.4. The average Bonchev–Trinajstić information content (AvgIpc) is 2.98. The fourth-order valence-electron chi connectivity index (χ4n) is 1.19. The van der Waals surface area contributed by atoms with Crippen molar-refractivity contribution in [1.82, 2.24) is 0 Å². The Balaban J connectivity index is 0.000000191. The lowest BCUT2D eigenvalue weighted by atomic mass is 10.4. The molecule has 0 spiro atoms. The van der Waals surface area contributed by atoms with Crippen LogP contribution < -0.4 is 0 Å². The van der Waals surface area contributed by atoms with Crippen molar-refractivity contribution in [2.45, 2.75) is 13.8 Å². The summed E-state index contributed by atoms with van der Waals surface area (Å²) in [5.74, 6) is -1.09. The van der Waals surface area contributed by atoms with E-state index in [1.165, 1.54) is 29.8 Å². The quantitative estimate of drug-likeness (QED) is 0.860. The number of ether oxygens (including phenoxy) is 1. The molecule has 2 rings (SSSR count). The number of rotatable bonds is 2. The van der Waals surface area contributed by atoms with Gasteiger partial charge in [-0.15, -0.1) is 22.7 Å². The second kappa shape index (κ2) is 7.06. The largest absolute Gasteiger partial charge is 0.477 e. The predicted octanol–water partition coefficient (Wildman–Crippen LogP) is 3.60. The first kappa shape index (κ1) is 15.4. The lowest BCUT2D eigenvalue weighted by Gasteiger charge is -1.90. The van der Waals surface area contributed by atoms with Crippen LogP contribution in [-0.4, -0.2) is 24.2 Å². The van der Waals surface area contributed by atoms with E-state index in [2.05, 4.69) is 4.74 Å². The summed E-state index contributed by atoms with van der Waals surface area (Å²) in [5, 5.41) is 8.41. The molecule has 0 radical (unpaired) electrons. The number of hydrogen-bond acceptors (Lipinski definition) is 5. The minimum atomic E-state index is -0.840.